The molecular weight excluding hydrogens is 490 g/mol. The third-order valence-corrected chi connectivity index (χ3v) is 6.48. The molecule has 208 valence electrons. The van der Waals surface area contributed by atoms with Crippen molar-refractivity contribution in [3.05, 3.63) is 108 Å². The van der Waals surface area contributed by atoms with Crippen LogP contribution in [0.4, 0.5) is 4.79 Å². The first-order valence-electron chi connectivity index (χ1n) is 13.4. The minimum absolute atomic E-state index is 0.176. The smallest absolute Gasteiger partial charge is 0.407 e. The lowest BCUT2D eigenvalue weighted by molar-refractivity contribution is -0.171. The predicted molar refractivity (Wildman–Crippen MR) is 154 cm³/mol. The monoisotopic (exact) mass is 531 g/mol. The van der Waals surface area contributed by atoms with Crippen LogP contribution in [0.1, 0.15) is 56.7 Å². The number of ether oxygens (including phenoxy) is 1. The molecule has 0 radical (unpaired) electrons. The molecule has 3 aromatic rings. The number of alkyl carbamates (subject to hydrolysis) is 1. The van der Waals surface area contributed by atoms with Gasteiger partial charge in [0.05, 0.1) is 18.7 Å². The number of nitrogens with one attached hydrogen (secondary N) is 2. The first kappa shape index (κ1) is 29.9. The van der Waals surface area contributed by atoms with E-state index in [0.717, 1.165) is 16.7 Å². The maximum absolute atomic E-state index is 13.6. The standard InChI is InChI=1S/C32H41N3O4/c1-31(2,3)39-30(37)33-24-16-15-23-28(29(36)35(4)38-5)34-32(25-17-9-6-10-18-25,26-19-11-7-12-20-26)27-21-13-8-14-22-27/h6-14,17-22,28,34H,15-16,23-24H2,1-5H3,(H,33,37). The summed E-state index contributed by atoms with van der Waals surface area (Å²) < 4.78 is 5.32. The second-order valence-corrected chi connectivity index (χ2v) is 10.5. The normalized spacial score (nSPS) is 12.4. The van der Waals surface area contributed by atoms with Crippen molar-refractivity contribution in [2.24, 2.45) is 0 Å². The number of nitrogens with zero attached hydrogens (tertiary/aromatic N) is 1. The van der Waals surface area contributed by atoms with Gasteiger partial charge < -0.3 is 10.1 Å². The molecule has 7 nitrogen and oxygen atoms in total. The van der Waals surface area contributed by atoms with Crippen LogP contribution in [0.25, 0.3) is 0 Å². The first-order chi connectivity index (χ1) is 18.7. The van der Waals surface area contributed by atoms with Gasteiger partial charge in [-0.3, -0.25) is 14.9 Å². The van der Waals surface area contributed by atoms with Crippen LogP contribution in [-0.4, -0.2) is 49.4 Å². The van der Waals surface area contributed by atoms with E-state index in [0.29, 0.717) is 25.8 Å². The van der Waals surface area contributed by atoms with Crippen LogP contribution in [0.5, 0.6) is 0 Å². The van der Waals surface area contributed by atoms with Crippen molar-refractivity contribution in [2.45, 2.75) is 57.2 Å². The van der Waals surface area contributed by atoms with Crippen molar-refractivity contribution in [1.82, 2.24) is 15.7 Å². The maximum atomic E-state index is 13.6. The van der Waals surface area contributed by atoms with E-state index >= 15 is 0 Å². The Hall–Kier alpha value is -3.68. The Morgan fingerprint density at radius 2 is 1.26 bits per heavy atom. The topological polar surface area (TPSA) is 79.9 Å². The molecule has 3 rings (SSSR count). The first-order valence-corrected chi connectivity index (χ1v) is 13.4. The largest absolute Gasteiger partial charge is 0.444 e. The lowest BCUT2D eigenvalue weighted by Crippen LogP contribution is -2.55. The van der Waals surface area contributed by atoms with Crippen molar-refractivity contribution >= 4 is 12.0 Å². The summed E-state index contributed by atoms with van der Waals surface area (Å²) in [5.74, 6) is -0.176. The van der Waals surface area contributed by atoms with Gasteiger partial charge in [-0.1, -0.05) is 91.0 Å². The number of rotatable bonds is 12. The molecule has 0 bridgehead atoms. The van der Waals surface area contributed by atoms with Crippen LogP contribution >= 0.6 is 0 Å². The number of carbonyl (C=O) groups excluding carboxylic acids is 2. The molecule has 2 N–H and O–H groups in total. The lowest BCUT2D eigenvalue weighted by Gasteiger charge is -2.40. The number of carbonyl (C=O) groups is 2. The van der Waals surface area contributed by atoms with Crippen molar-refractivity contribution in [3.63, 3.8) is 0 Å². The fourth-order valence-corrected chi connectivity index (χ4v) is 4.62. The Bertz CT molecular complexity index is 1070. The van der Waals surface area contributed by atoms with Gasteiger partial charge in [-0.2, -0.15) is 0 Å². The predicted octanol–water partition coefficient (Wildman–Crippen LogP) is 5.65. The molecule has 7 heteroatoms. The zero-order valence-corrected chi connectivity index (χ0v) is 23.6. The van der Waals surface area contributed by atoms with Crippen LogP contribution in [0.2, 0.25) is 0 Å². The summed E-state index contributed by atoms with van der Waals surface area (Å²) in [6, 6.07) is 30.0. The minimum Gasteiger partial charge on any atom is -0.444 e. The van der Waals surface area contributed by atoms with E-state index in [1.54, 1.807) is 7.05 Å². The molecule has 3 aromatic carbocycles. The van der Waals surface area contributed by atoms with E-state index in [-0.39, 0.29) is 5.91 Å². The molecule has 2 amide bonds. The van der Waals surface area contributed by atoms with Gasteiger partial charge in [0, 0.05) is 13.6 Å². The van der Waals surface area contributed by atoms with Crippen molar-refractivity contribution < 1.29 is 19.2 Å². The number of amides is 2. The molecule has 0 aliphatic heterocycles. The van der Waals surface area contributed by atoms with Crippen LogP contribution < -0.4 is 10.6 Å². The highest BCUT2D eigenvalue weighted by molar-refractivity contribution is 5.81. The molecule has 1 unspecified atom stereocenters. The number of hydroxylamine groups is 2. The quantitative estimate of drug-likeness (QED) is 0.179. The van der Waals surface area contributed by atoms with E-state index in [1.807, 2.05) is 75.4 Å². The molecule has 0 aliphatic carbocycles. The molecule has 1 atom stereocenters. The van der Waals surface area contributed by atoms with Crippen LogP contribution in [0.15, 0.2) is 91.0 Å². The van der Waals surface area contributed by atoms with Gasteiger partial charge in [0.2, 0.25) is 0 Å². The Morgan fingerprint density at radius 1 is 0.795 bits per heavy atom. The molecule has 0 heterocycles. The number of unbranched alkanes of at least 4 members (excludes halogenated alkanes) is 1. The van der Waals surface area contributed by atoms with Crippen molar-refractivity contribution in [3.8, 4) is 0 Å². The van der Waals surface area contributed by atoms with Gasteiger partial charge in [-0.25, -0.2) is 9.86 Å². The van der Waals surface area contributed by atoms with Crippen molar-refractivity contribution in [2.75, 3.05) is 20.7 Å². The molecule has 0 saturated heterocycles. The molecule has 39 heavy (non-hydrogen) atoms. The lowest BCUT2D eigenvalue weighted by atomic mass is 9.76. The Morgan fingerprint density at radius 3 is 1.67 bits per heavy atom. The molecule has 0 saturated carbocycles. The summed E-state index contributed by atoms with van der Waals surface area (Å²) in [4.78, 5) is 31.0. The Balaban J connectivity index is 1.93. The van der Waals surface area contributed by atoms with Crippen molar-refractivity contribution in [1.29, 1.82) is 0 Å². The zero-order chi connectivity index (χ0) is 28.3. The fourth-order valence-electron chi connectivity index (χ4n) is 4.62. The average Bonchev–Trinajstić information content (AvgIpc) is 2.94. The Kier molecular flexibility index (Phi) is 10.7. The van der Waals surface area contributed by atoms with Crippen LogP contribution in [0.3, 0.4) is 0 Å². The van der Waals surface area contributed by atoms with Crippen LogP contribution in [-0.2, 0) is 19.9 Å². The fraction of sp³-hybridized carbons (Fsp3) is 0.375. The third kappa shape index (κ3) is 8.15. The minimum atomic E-state index is -0.798. The average molecular weight is 532 g/mol. The highest BCUT2D eigenvalue weighted by Gasteiger charge is 2.40. The summed E-state index contributed by atoms with van der Waals surface area (Å²) >= 11 is 0. The summed E-state index contributed by atoms with van der Waals surface area (Å²) in [7, 11) is 3.11. The summed E-state index contributed by atoms with van der Waals surface area (Å²) in [6.45, 7) is 5.95. The van der Waals surface area contributed by atoms with Gasteiger partial charge >= 0.3 is 6.09 Å². The zero-order valence-electron chi connectivity index (χ0n) is 23.6. The van der Waals surface area contributed by atoms with Crippen LogP contribution in [0, 0.1) is 0 Å². The molecule has 0 aliphatic rings. The summed E-state index contributed by atoms with van der Waals surface area (Å²) in [5.41, 5.74) is 1.71. The van der Waals surface area contributed by atoms with E-state index in [1.165, 1.54) is 12.2 Å². The summed E-state index contributed by atoms with van der Waals surface area (Å²) in [5, 5.41) is 7.85. The number of hydrogen-bond donors (Lipinski definition) is 2. The second-order valence-electron chi connectivity index (χ2n) is 10.5. The van der Waals surface area contributed by atoms with Gasteiger partial charge in [-0.05, 0) is 56.7 Å². The maximum Gasteiger partial charge on any atom is 0.407 e. The SMILES string of the molecule is CON(C)C(=O)C(CCCCNC(=O)OC(C)(C)C)NC(c1ccccc1)(c1ccccc1)c1ccccc1. The van der Waals surface area contributed by atoms with Gasteiger partial charge in [0.1, 0.15) is 5.60 Å². The molecular formula is C32H41N3O4. The third-order valence-electron chi connectivity index (χ3n) is 6.48. The van der Waals surface area contributed by atoms with E-state index in [4.69, 9.17) is 9.57 Å². The number of likely N-dealkylation sites (N-methyl/N-ethyl adjacent to an activating group) is 1. The Labute approximate surface area is 232 Å². The number of benzene rings is 3. The summed E-state index contributed by atoms with van der Waals surface area (Å²) in [6.07, 6.45) is 1.49. The van der Waals surface area contributed by atoms with Gasteiger partial charge in [0.15, 0.2) is 0 Å². The molecule has 0 spiro atoms. The van der Waals surface area contributed by atoms with E-state index in [9.17, 15) is 9.59 Å². The molecule has 0 aromatic heterocycles. The van der Waals surface area contributed by atoms with Gasteiger partial charge in [-0.15, -0.1) is 0 Å². The van der Waals surface area contributed by atoms with E-state index < -0.39 is 23.3 Å². The second kappa shape index (κ2) is 13.9. The highest BCUT2D eigenvalue weighted by Crippen LogP contribution is 2.37. The highest BCUT2D eigenvalue weighted by atomic mass is 16.7. The number of hydrogen-bond acceptors (Lipinski definition) is 5. The van der Waals surface area contributed by atoms with Gasteiger partial charge in [0.25, 0.3) is 5.91 Å². The molecule has 0 fully saturated rings. The van der Waals surface area contributed by atoms with E-state index in [2.05, 4.69) is 47.0 Å².